The van der Waals surface area contributed by atoms with Crippen LogP contribution in [-0.2, 0) is 19.6 Å². The Hall–Kier alpha value is -2.91. The molecule has 2 aliphatic heterocycles. The van der Waals surface area contributed by atoms with Gasteiger partial charge < -0.3 is 15.0 Å². The largest absolute Gasteiger partial charge is 0.482 e. The summed E-state index contributed by atoms with van der Waals surface area (Å²) in [4.78, 5) is 26.7. The number of ether oxygens (including phenoxy) is 1. The Bertz CT molecular complexity index is 1150. The minimum atomic E-state index is -3.83. The maximum Gasteiger partial charge on any atom is 0.262 e. The normalized spacial score (nSPS) is 18.9. The topological polar surface area (TPSA) is 96.0 Å². The van der Waals surface area contributed by atoms with Gasteiger partial charge in [-0.25, -0.2) is 8.42 Å². The summed E-state index contributed by atoms with van der Waals surface area (Å²) in [5.74, 6) is -0.373. The van der Waals surface area contributed by atoms with Crippen LogP contribution in [0.2, 0.25) is 0 Å². The fourth-order valence-electron chi connectivity index (χ4n) is 4.22. The van der Waals surface area contributed by atoms with Crippen LogP contribution in [0, 0.1) is 12.8 Å². The van der Waals surface area contributed by atoms with Crippen LogP contribution in [-0.4, -0.2) is 50.8 Å². The van der Waals surface area contributed by atoms with Crippen molar-refractivity contribution >= 4 is 33.2 Å². The molecule has 4 rings (SSSR count). The number of piperidine rings is 1. The molecule has 0 aliphatic carbocycles. The zero-order valence-electron chi connectivity index (χ0n) is 18.2. The molecule has 2 heterocycles. The van der Waals surface area contributed by atoms with E-state index in [9.17, 15) is 18.0 Å². The number of carbonyl (C=O) groups is 2. The lowest BCUT2D eigenvalue weighted by molar-refractivity contribution is -0.123. The minimum Gasteiger partial charge on any atom is -0.482 e. The monoisotopic (exact) mass is 457 g/mol. The van der Waals surface area contributed by atoms with Crippen molar-refractivity contribution in [2.45, 2.75) is 31.6 Å². The van der Waals surface area contributed by atoms with E-state index in [1.54, 1.807) is 11.0 Å². The molecule has 9 heteroatoms. The second-order valence-corrected chi connectivity index (χ2v) is 10.1. The molecule has 2 aromatic carbocycles. The SMILES string of the molecule is CCN(C(=O)[C@H]1CCCN(S(=O)(=O)c2ccc3c(c2)NC(=O)CO3)C1)c1cccc(C)c1. The lowest BCUT2D eigenvalue weighted by Gasteiger charge is -2.34. The third kappa shape index (κ3) is 4.35. The van der Waals surface area contributed by atoms with Crippen LogP contribution in [0.25, 0.3) is 0 Å². The molecule has 32 heavy (non-hydrogen) atoms. The van der Waals surface area contributed by atoms with Gasteiger partial charge in [-0.2, -0.15) is 4.31 Å². The van der Waals surface area contributed by atoms with E-state index in [1.165, 1.54) is 16.4 Å². The average Bonchev–Trinajstić information content (AvgIpc) is 2.79. The predicted molar refractivity (Wildman–Crippen MR) is 121 cm³/mol. The fraction of sp³-hybridized carbons (Fsp3) is 0.391. The molecule has 2 amide bonds. The molecule has 2 aromatic rings. The quantitative estimate of drug-likeness (QED) is 0.745. The number of nitrogens with zero attached hydrogens (tertiary/aromatic N) is 2. The summed E-state index contributed by atoms with van der Waals surface area (Å²) in [6, 6.07) is 12.2. The fourth-order valence-corrected chi connectivity index (χ4v) is 5.77. The zero-order valence-corrected chi connectivity index (χ0v) is 19.0. The second-order valence-electron chi connectivity index (χ2n) is 8.12. The molecular formula is C23H27N3O5S. The van der Waals surface area contributed by atoms with Crippen LogP contribution < -0.4 is 15.0 Å². The number of amides is 2. The molecule has 0 unspecified atom stereocenters. The average molecular weight is 458 g/mol. The molecule has 1 saturated heterocycles. The summed E-state index contributed by atoms with van der Waals surface area (Å²) in [7, 11) is -3.83. The molecule has 0 aromatic heterocycles. The number of nitrogens with one attached hydrogen (secondary N) is 1. The number of hydrogen-bond donors (Lipinski definition) is 1. The zero-order chi connectivity index (χ0) is 22.9. The highest BCUT2D eigenvalue weighted by Crippen LogP contribution is 2.33. The van der Waals surface area contributed by atoms with E-state index in [0.717, 1.165) is 11.3 Å². The molecule has 170 valence electrons. The van der Waals surface area contributed by atoms with Crippen LogP contribution in [0.3, 0.4) is 0 Å². The Kier molecular flexibility index (Phi) is 6.21. The number of fused-ring (bicyclic) bond motifs is 1. The minimum absolute atomic E-state index is 0.0656. The summed E-state index contributed by atoms with van der Waals surface area (Å²) < 4.78 is 33.3. The van der Waals surface area contributed by atoms with Crippen LogP contribution in [0.5, 0.6) is 5.75 Å². The predicted octanol–water partition coefficient (Wildman–Crippen LogP) is 2.78. The third-order valence-electron chi connectivity index (χ3n) is 5.85. The van der Waals surface area contributed by atoms with Gasteiger partial charge in [-0.3, -0.25) is 9.59 Å². The van der Waals surface area contributed by atoms with E-state index in [1.807, 2.05) is 38.1 Å². The lowest BCUT2D eigenvalue weighted by Crippen LogP contribution is -2.46. The summed E-state index contributed by atoms with van der Waals surface area (Å²) in [5, 5.41) is 2.64. The Labute approximate surface area is 188 Å². The lowest BCUT2D eigenvalue weighted by atomic mass is 9.97. The highest BCUT2D eigenvalue weighted by Gasteiger charge is 2.35. The van der Waals surface area contributed by atoms with Gasteiger partial charge in [0.1, 0.15) is 5.75 Å². The third-order valence-corrected chi connectivity index (χ3v) is 7.71. The molecule has 1 atom stereocenters. The first-order valence-corrected chi connectivity index (χ1v) is 12.2. The Morgan fingerprint density at radius 3 is 2.81 bits per heavy atom. The first-order chi connectivity index (χ1) is 15.3. The van der Waals surface area contributed by atoms with E-state index < -0.39 is 15.9 Å². The maximum atomic E-state index is 13.3. The van der Waals surface area contributed by atoms with E-state index >= 15 is 0 Å². The Morgan fingerprint density at radius 1 is 1.25 bits per heavy atom. The van der Waals surface area contributed by atoms with Gasteiger partial charge in [0, 0.05) is 25.3 Å². The molecule has 2 aliphatic rings. The van der Waals surface area contributed by atoms with Gasteiger partial charge >= 0.3 is 0 Å². The summed E-state index contributed by atoms with van der Waals surface area (Å²) >= 11 is 0. The van der Waals surface area contributed by atoms with Crippen LogP contribution >= 0.6 is 0 Å². The van der Waals surface area contributed by atoms with Crippen molar-refractivity contribution in [1.29, 1.82) is 0 Å². The van der Waals surface area contributed by atoms with E-state index in [4.69, 9.17) is 4.74 Å². The Morgan fingerprint density at radius 2 is 2.06 bits per heavy atom. The molecule has 0 radical (unpaired) electrons. The smallest absolute Gasteiger partial charge is 0.262 e. The van der Waals surface area contributed by atoms with Crippen molar-refractivity contribution in [3.8, 4) is 5.75 Å². The molecular weight excluding hydrogens is 430 g/mol. The van der Waals surface area contributed by atoms with Gasteiger partial charge in [0.2, 0.25) is 15.9 Å². The standard InChI is InChI=1S/C23H27N3O5S/c1-3-26(18-8-4-6-16(2)12-18)23(28)17-7-5-11-25(14-17)32(29,30)19-9-10-21-20(13-19)24-22(27)15-31-21/h4,6,8-10,12-13,17H,3,5,7,11,14-15H2,1-2H3,(H,24,27)/t17-/m0/s1. The summed E-state index contributed by atoms with van der Waals surface area (Å²) in [6.07, 6.45) is 1.24. The van der Waals surface area contributed by atoms with Crippen molar-refractivity contribution in [1.82, 2.24) is 4.31 Å². The highest BCUT2D eigenvalue weighted by atomic mass is 32.2. The number of hydrogen-bond acceptors (Lipinski definition) is 5. The van der Waals surface area contributed by atoms with Crippen molar-refractivity contribution < 1.29 is 22.7 Å². The van der Waals surface area contributed by atoms with E-state index in [-0.39, 0.29) is 29.9 Å². The van der Waals surface area contributed by atoms with Crippen LogP contribution in [0.15, 0.2) is 47.4 Å². The van der Waals surface area contributed by atoms with Crippen LogP contribution in [0.4, 0.5) is 11.4 Å². The summed E-state index contributed by atoms with van der Waals surface area (Å²) in [6.45, 7) is 4.79. The van der Waals surface area contributed by atoms with Gasteiger partial charge in [0.25, 0.3) is 5.91 Å². The van der Waals surface area contributed by atoms with Gasteiger partial charge in [0.15, 0.2) is 6.61 Å². The molecule has 0 saturated carbocycles. The van der Waals surface area contributed by atoms with E-state index in [0.29, 0.717) is 37.4 Å². The molecule has 0 bridgehead atoms. The molecule has 8 nitrogen and oxygen atoms in total. The van der Waals surface area contributed by atoms with Crippen LogP contribution in [0.1, 0.15) is 25.3 Å². The van der Waals surface area contributed by atoms with Crippen molar-refractivity contribution in [3.63, 3.8) is 0 Å². The van der Waals surface area contributed by atoms with Gasteiger partial charge in [0.05, 0.1) is 16.5 Å². The number of aryl methyl sites for hydroxylation is 1. The molecule has 0 spiro atoms. The highest BCUT2D eigenvalue weighted by molar-refractivity contribution is 7.89. The first-order valence-electron chi connectivity index (χ1n) is 10.7. The maximum absolute atomic E-state index is 13.3. The number of carbonyl (C=O) groups excluding carboxylic acids is 2. The number of anilines is 2. The summed E-state index contributed by atoms with van der Waals surface area (Å²) in [5.41, 5.74) is 2.22. The van der Waals surface area contributed by atoms with Crippen molar-refractivity contribution in [2.24, 2.45) is 5.92 Å². The van der Waals surface area contributed by atoms with Crippen molar-refractivity contribution in [3.05, 3.63) is 48.0 Å². The van der Waals surface area contributed by atoms with E-state index in [2.05, 4.69) is 5.32 Å². The van der Waals surface area contributed by atoms with Crippen molar-refractivity contribution in [2.75, 3.05) is 36.5 Å². The number of rotatable bonds is 5. The molecule has 1 fully saturated rings. The molecule has 1 N–H and O–H groups in total. The number of sulfonamides is 1. The number of benzene rings is 2. The van der Waals surface area contributed by atoms with Gasteiger partial charge in [-0.15, -0.1) is 0 Å². The second kappa shape index (κ2) is 8.91. The van der Waals surface area contributed by atoms with Gasteiger partial charge in [-0.05, 0) is 62.6 Å². The first kappa shape index (κ1) is 22.3. The Balaban J connectivity index is 1.55. The van der Waals surface area contributed by atoms with Gasteiger partial charge in [-0.1, -0.05) is 12.1 Å².